The van der Waals surface area contributed by atoms with E-state index in [1.165, 1.54) is 9.08 Å². The van der Waals surface area contributed by atoms with Crippen LogP contribution in [0.15, 0.2) is 29.2 Å². The lowest BCUT2D eigenvalue weighted by molar-refractivity contribution is -0.122. The third kappa shape index (κ3) is 2.83. The number of nitrogens with one attached hydrogen (secondary N) is 1. The molecule has 1 amide bonds. The smallest absolute Gasteiger partial charge is 0.350 e. The average Bonchev–Trinajstić information content (AvgIpc) is 2.66. The lowest BCUT2D eigenvalue weighted by Gasteiger charge is -2.16. The van der Waals surface area contributed by atoms with Crippen molar-refractivity contribution >= 4 is 11.6 Å². The summed E-state index contributed by atoms with van der Waals surface area (Å²) in [7, 11) is 0. The Labute approximate surface area is 111 Å². The Morgan fingerprint density at radius 1 is 1.37 bits per heavy atom. The van der Waals surface area contributed by atoms with Crippen LogP contribution in [0.25, 0.3) is 5.65 Å². The van der Waals surface area contributed by atoms with E-state index < -0.39 is 0 Å². The van der Waals surface area contributed by atoms with E-state index in [1.807, 2.05) is 20.8 Å². The molecule has 6 nitrogen and oxygen atoms in total. The minimum Gasteiger partial charge on any atom is -0.352 e. The molecule has 0 aromatic carbocycles. The summed E-state index contributed by atoms with van der Waals surface area (Å²) >= 11 is 0. The fourth-order valence-corrected chi connectivity index (χ4v) is 1.67. The second-order valence-corrected chi connectivity index (χ2v) is 4.97. The van der Waals surface area contributed by atoms with Crippen molar-refractivity contribution in [2.45, 2.75) is 33.4 Å². The second-order valence-electron chi connectivity index (χ2n) is 4.97. The molecule has 0 fully saturated rings. The van der Waals surface area contributed by atoms with Crippen LogP contribution >= 0.6 is 0 Å². The predicted molar refractivity (Wildman–Crippen MR) is 71.9 cm³/mol. The van der Waals surface area contributed by atoms with Crippen LogP contribution in [0.3, 0.4) is 0 Å². The zero-order chi connectivity index (χ0) is 14.0. The molecule has 19 heavy (non-hydrogen) atoms. The first-order valence-corrected chi connectivity index (χ1v) is 6.32. The zero-order valence-corrected chi connectivity index (χ0v) is 11.3. The Balaban J connectivity index is 2.16. The number of carbonyl (C=O) groups is 1. The van der Waals surface area contributed by atoms with Gasteiger partial charge in [-0.1, -0.05) is 19.9 Å². The van der Waals surface area contributed by atoms with Crippen LogP contribution in [0.5, 0.6) is 0 Å². The van der Waals surface area contributed by atoms with Gasteiger partial charge in [-0.25, -0.2) is 9.48 Å². The number of aromatic nitrogens is 3. The van der Waals surface area contributed by atoms with Crippen LogP contribution in [0.1, 0.15) is 20.8 Å². The van der Waals surface area contributed by atoms with E-state index in [2.05, 4.69) is 10.4 Å². The van der Waals surface area contributed by atoms with Crippen LogP contribution < -0.4 is 11.0 Å². The quantitative estimate of drug-likeness (QED) is 0.880. The lowest BCUT2D eigenvalue weighted by Crippen LogP contribution is -2.40. The van der Waals surface area contributed by atoms with E-state index in [1.54, 1.807) is 24.4 Å². The van der Waals surface area contributed by atoms with Crippen molar-refractivity contribution in [3.05, 3.63) is 34.9 Å². The Morgan fingerprint density at radius 2 is 2.11 bits per heavy atom. The molecule has 0 bridgehead atoms. The molecule has 0 saturated carbocycles. The third-order valence-electron chi connectivity index (χ3n) is 3.17. The van der Waals surface area contributed by atoms with Gasteiger partial charge in [0, 0.05) is 12.2 Å². The van der Waals surface area contributed by atoms with Crippen molar-refractivity contribution in [3.63, 3.8) is 0 Å². The molecule has 1 N–H and O–H groups in total. The Morgan fingerprint density at radius 3 is 2.74 bits per heavy atom. The van der Waals surface area contributed by atoms with E-state index in [0.29, 0.717) is 11.6 Å². The highest BCUT2D eigenvalue weighted by molar-refractivity contribution is 5.75. The molecule has 102 valence electrons. The minimum atomic E-state index is -0.303. The molecular formula is C13H18N4O2. The maximum atomic E-state index is 12.0. The number of rotatable bonds is 4. The standard InChI is InChI=1S/C13H18N4O2/c1-9(2)10(3)14-12(18)8-17-13(19)16-7-5-4-6-11(16)15-17/h4-7,9-10H,8H2,1-3H3,(H,14,18). The molecule has 2 rings (SSSR count). The van der Waals surface area contributed by atoms with Gasteiger partial charge in [0.25, 0.3) is 0 Å². The molecule has 2 aromatic rings. The van der Waals surface area contributed by atoms with Gasteiger partial charge in [-0.05, 0) is 25.0 Å². The average molecular weight is 262 g/mol. The van der Waals surface area contributed by atoms with Crippen LogP contribution in [0.4, 0.5) is 0 Å². The zero-order valence-electron chi connectivity index (χ0n) is 11.3. The summed E-state index contributed by atoms with van der Waals surface area (Å²) in [6.07, 6.45) is 1.63. The van der Waals surface area contributed by atoms with Gasteiger partial charge in [0.1, 0.15) is 6.54 Å². The van der Waals surface area contributed by atoms with Gasteiger partial charge < -0.3 is 5.32 Å². The van der Waals surface area contributed by atoms with E-state index in [9.17, 15) is 9.59 Å². The summed E-state index contributed by atoms with van der Waals surface area (Å²) in [6, 6.07) is 5.35. The van der Waals surface area contributed by atoms with Gasteiger partial charge in [0.05, 0.1) is 0 Å². The first-order chi connectivity index (χ1) is 8.99. The van der Waals surface area contributed by atoms with Crippen LogP contribution in [0.2, 0.25) is 0 Å². The number of fused-ring (bicyclic) bond motifs is 1. The normalized spacial score (nSPS) is 12.8. The molecule has 1 unspecified atom stereocenters. The van der Waals surface area contributed by atoms with E-state index >= 15 is 0 Å². The highest BCUT2D eigenvalue weighted by atomic mass is 16.2. The second kappa shape index (κ2) is 5.26. The summed E-state index contributed by atoms with van der Waals surface area (Å²) in [5, 5.41) is 6.96. The highest BCUT2D eigenvalue weighted by Crippen LogP contribution is 2.00. The van der Waals surface area contributed by atoms with Gasteiger partial charge >= 0.3 is 5.69 Å². The largest absolute Gasteiger partial charge is 0.352 e. The van der Waals surface area contributed by atoms with Crippen molar-refractivity contribution in [1.82, 2.24) is 19.5 Å². The Kier molecular flexibility index (Phi) is 3.69. The van der Waals surface area contributed by atoms with Gasteiger partial charge in [0.15, 0.2) is 5.65 Å². The number of nitrogens with zero attached hydrogens (tertiary/aromatic N) is 3. The summed E-state index contributed by atoms with van der Waals surface area (Å²) in [5.41, 5.74) is 0.236. The molecule has 0 spiro atoms. The van der Waals surface area contributed by atoms with Crippen molar-refractivity contribution in [2.24, 2.45) is 5.92 Å². The number of pyridine rings is 1. The van der Waals surface area contributed by atoms with Crippen molar-refractivity contribution in [1.29, 1.82) is 0 Å². The highest BCUT2D eigenvalue weighted by Gasteiger charge is 2.13. The van der Waals surface area contributed by atoms with Crippen molar-refractivity contribution in [2.75, 3.05) is 0 Å². The van der Waals surface area contributed by atoms with Gasteiger partial charge in [0.2, 0.25) is 5.91 Å². The first kappa shape index (κ1) is 13.3. The maximum Gasteiger partial charge on any atom is 0.350 e. The number of amides is 1. The summed E-state index contributed by atoms with van der Waals surface area (Å²) in [4.78, 5) is 23.8. The van der Waals surface area contributed by atoms with E-state index in [-0.39, 0.29) is 24.2 Å². The van der Waals surface area contributed by atoms with Crippen molar-refractivity contribution in [3.8, 4) is 0 Å². The fourth-order valence-electron chi connectivity index (χ4n) is 1.67. The monoisotopic (exact) mass is 262 g/mol. The summed E-state index contributed by atoms with van der Waals surface area (Å²) < 4.78 is 2.59. The van der Waals surface area contributed by atoms with Gasteiger partial charge in [-0.2, -0.15) is 0 Å². The van der Waals surface area contributed by atoms with E-state index in [4.69, 9.17) is 0 Å². The SMILES string of the molecule is CC(C)C(C)NC(=O)Cn1nc2ccccn2c1=O. The molecule has 0 radical (unpaired) electrons. The molecule has 2 heterocycles. The molecule has 1 atom stereocenters. The summed E-state index contributed by atoms with van der Waals surface area (Å²) in [5.74, 6) is 0.147. The maximum absolute atomic E-state index is 12.0. The van der Waals surface area contributed by atoms with Crippen LogP contribution in [-0.2, 0) is 11.3 Å². The molecule has 0 aliphatic heterocycles. The number of hydrogen-bond acceptors (Lipinski definition) is 3. The third-order valence-corrected chi connectivity index (χ3v) is 3.17. The van der Waals surface area contributed by atoms with Gasteiger partial charge in [-0.3, -0.25) is 9.20 Å². The van der Waals surface area contributed by atoms with Crippen LogP contribution in [0, 0.1) is 5.92 Å². The van der Waals surface area contributed by atoms with Crippen LogP contribution in [-0.4, -0.2) is 26.1 Å². The lowest BCUT2D eigenvalue weighted by atomic mass is 10.1. The predicted octanol–water partition coefficient (Wildman–Crippen LogP) is 0.657. The summed E-state index contributed by atoms with van der Waals surface area (Å²) in [6.45, 7) is 5.94. The molecule has 6 heteroatoms. The van der Waals surface area contributed by atoms with Crippen molar-refractivity contribution < 1.29 is 4.79 Å². The first-order valence-electron chi connectivity index (χ1n) is 6.32. The van der Waals surface area contributed by atoms with E-state index in [0.717, 1.165) is 0 Å². The van der Waals surface area contributed by atoms with Gasteiger partial charge in [-0.15, -0.1) is 5.10 Å². The number of carbonyl (C=O) groups excluding carboxylic acids is 1. The topological polar surface area (TPSA) is 68.4 Å². The minimum absolute atomic E-state index is 0.0580. The molecular weight excluding hydrogens is 244 g/mol. The Bertz CT molecular complexity index is 641. The number of hydrogen-bond donors (Lipinski definition) is 1. The Hall–Kier alpha value is -2.11. The molecule has 0 saturated heterocycles. The molecule has 0 aliphatic rings. The molecule has 0 aliphatic carbocycles. The molecule has 2 aromatic heterocycles. The fraction of sp³-hybridized carbons (Fsp3) is 0.462.